The molecule has 0 amide bonds. The van der Waals surface area contributed by atoms with Crippen LogP contribution in [0, 0.1) is 9.49 Å². The molecule has 0 aromatic heterocycles. The van der Waals surface area contributed by atoms with Gasteiger partial charge in [0.25, 0.3) is 0 Å². The van der Waals surface area contributed by atoms with Gasteiger partial charge in [0.05, 0.1) is 6.10 Å². The molecule has 1 aromatic carbocycles. The predicted octanol–water partition coefficient (Wildman–Crippen LogP) is 3.63. The van der Waals surface area contributed by atoms with Gasteiger partial charge in [0.15, 0.2) is 0 Å². The van der Waals surface area contributed by atoms with Crippen molar-refractivity contribution >= 4 is 22.6 Å². The van der Waals surface area contributed by atoms with Crippen molar-refractivity contribution in [2.45, 2.75) is 39.2 Å². The summed E-state index contributed by atoms with van der Waals surface area (Å²) in [4.78, 5) is 0. The van der Waals surface area contributed by atoms with Crippen molar-refractivity contribution in [3.05, 3.63) is 33.4 Å². The van der Waals surface area contributed by atoms with Gasteiger partial charge in [-0.2, -0.15) is 0 Å². The van der Waals surface area contributed by atoms with Crippen molar-refractivity contribution in [3.63, 3.8) is 0 Å². The summed E-state index contributed by atoms with van der Waals surface area (Å²) >= 11 is 2.29. The van der Waals surface area contributed by atoms with Gasteiger partial charge in [-0.3, -0.25) is 0 Å². The van der Waals surface area contributed by atoms with Crippen LogP contribution in [0.4, 0.5) is 0 Å². The third-order valence-electron chi connectivity index (χ3n) is 2.46. The van der Waals surface area contributed by atoms with Gasteiger partial charge in [-0.15, -0.1) is 0 Å². The molecule has 0 radical (unpaired) electrons. The SMILES string of the molecule is CC(C)CCC(O)Cc1ccc(I)cc1. The number of aliphatic hydroxyl groups is 1. The Morgan fingerprint density at radius 1 is 1.13 bits per heavy atom. The molecule has 0 aliphatic carbocycles. The molecular weight excluding hydrogens is 299 g/mol. The van der Waals surface area contributed by atoms with Gasteiger partial charge >= 0.3 is 0 Å². The van der Waals surface area contributed by atoms with Gasteiger partial charge < -0.3 is 5.11 Å². The van der Waals surface area contributed by atoms with Crippen molar-refractivity contribution in [1.29, 1.82) is 0 Å². The van der Waals surface area contributed by atoms with Crippen LogP contribution in [0.3, 0.4) is 0 Å². The summed E-state index contributed by atoms with van der Waals surface area (Å²) in [6.07, 6.45) is 2.60. The molecule has 1 rings (SSSR count). The summed E-state index contributed by atoms with van der Waals surface area (Å²) in [5.74, 6) is 0.677. The molecule has 15 heavy (non-hydrogen) atoms. The minimum atomic E-state index is -0.188. The summed E-state index contributed by atoms with van der Waals surface area (Å²) < 4.78 is 1.24. The maximum absolute atomic E-state index is 9.82. The zero-order valence-electron chi connectivity index (χ0n) is 9.41. The monoisotopic (exact) mass is 318 g/mol. The fraction of sp³-hybridized carbons (Fsp3) is 0.538. The summed E-state index contributed by atoms with van der Waals surface area (Å²) in [5.41, 5.74) is 1.23. The standard InChI is InChI=1S/C13H19IO/c1-10(2)3-8-13(15)9-11-4-6-12(14)7-5-11/h4-7,10,13,15H,3,8-9H2,1-2H3. The second-order valence-corrected chi connectivity index (χ2v) is 5.70. The van der Waals surface area contributed by atoms with Crippen molar-refractivity contribution < 1.29 is 5.11 Å². The highest BCUT2D eigenvalue weighted by atomic mass is 127. The van der Waals surface area contributed by atoms with Crippen LogP contribution in [0.5, 0.6) is 0 Å². The van der Waals surface area contributed by atoms with E-state index in [0.29, 0.717) is 5.92 Å². The first-order valence-corrected chi connectivity index (χ1v) is 6.58. The van der Waals surface area contributed by atoms with E-state index in [2.05, 4.69) is 60.7 Å². The van der Waals surface area contributed by atoms with E-state index in [0.717, 1.165) is 19.3 Å². The third kappa shape index (κ3) is 5.52. The Bertz CT molecular complexity index is 279. The lowest BCUT2D eigenvalue weighted by Gasteiger charge is -2.12. The van der Waals surface area contributed by atoms with E-state index in [1.807, 2.05) is 0 Å². The first kappa shape index (κ1) is 13.0. The molecule has 1 nitrogen and oxygen atoms in total. The Morgan fingerprint density at radius 2 is 1.73 bits per heavy atom. The number of rotatable bonds is 5. The summed E-state index contributed by atoms with van der Waals surface area (Å²) in [5, 5.41) is 9.82. The normalized spacial score (nSPS) is 13.1. The molecule has 1 N–H and O–H groups in total. The Hall–Kier alpha value is -0.0900. The van der Waals surface area contributed by atoms with E-state index in [-0.39, 0.29) is 6.10 Å². The van der Waals surface area contributed by atoms with Crippen LogP contribution in [0.1, 0.15) is 32.3 Å². The van der Waals surface area contributed by atoms with Gasteiger partial charge in [-0.1, -0.05) is 26.0 Å². The van der Waals surface area contributed by atoms with Crippen molar-refractivity contribution in [2.24, 2.45) is 5.92 Å². The van der Waals surface area contributed by atoms with Crippen LogP contribution < -0.4 is 0 Å². The predicted molar refractivity (Wildman–Crippen MR) is 72.9 cm³/mol. The molecule has 0 saturated carbocycles. The van der Waals surface area contributed by atoms with Gasteiger partial charge in [-0.25, -0.2) is 0 Å². The Balaban J connectivity index is 2.37. The lowest BCUT2D eigenvalue weighted by atomic mass is 10.00. The van der Waals surface area contributed by atoms with Crippen LogP contribution in [0.25, 0.3) is 0 Å². The lowest BCUT2D eigenvalue weighted by Crippen LogP contribution is -2.11. The molecule has 0 fully saturated rings. The average Bonchev–Trinajstić information content (AvgIpc) is 2.19. The highest BCUT2D eigenvalue weighted by Crippen LogP contribution is 2.13. The van der Waals surface area contributed by atoms with Crippen molar-refractivity contribution in [2.75, 3.05) is 0 Å². The number of aliphatic hydroxyl groups excluding tert-OH is 1. The zero-order valence-corrected chi connectivity index (χ0v) is 11.6. The quantitative estimate of drug-likeness (QED) is 0.822. The molecule has 1 aromatic rings. The fourth-order valence-corrected chi connectivity index (χ4v) is 1.88. The lowest BCUT2D eigenvalue weighted by molar-refractivity contribution is 0.157. The number of benzene rings is 1. The summed E-state index contributed by atoms with van der Waals surface area (Å²) in [7, 11) is 0. The minimum Gasteiger partial charge on any atom is -0.393 e. The fourth-order valence-electron chi connectivity index (χ4n) is 1.52. The molecule has 0 saturated heterocycles. The molecule has 1 unspecified atom stereocenters. The van der Waals surface area contributed by atoms with Crippen molar-refractivity contribution in [1.82, 2.24) is 0 Å². The first-order chi connectivity index (χ1) is 7.08. The van der Waals surface area contributed by atoms with E-state index < -0.39 is 0 Å². The largest absolute Gasteiger partial charge is 0.393 e. The molecular formula is C13H19IO. The molecule has 0 aliphatic heterocycles. The topological polar surface area (TPSA) is 20.2 Å². The smallest absolute Gasteiger partial charge is 0.0580 e. The van der Waals surface area contributed by atoms with Gasteiger partial charge in [-0.05, 0) is 65.5 Å². The second kappa shape index (κ2) is 6.48. The number of halogens is 1. The van der Waals surface area contributed by atoms with E-state index in [4.69, 9.17) is 0 Å². The summed E-state index contributed by atoms with van der Waals surface area (Å²) in [6.45, 7) is 4.38. The second-order valence-electron chi connectivity index (χ2n) is 4.46. The van der Waals surface area contributed by atoms with Crippen LogP contribution in [-0.2, 0) is 6.42 Å². The minimum absolute atomic E-state index is 0.188. The highest BCUT2D eigenvalue weighted by molar-refractivity contribution is 14.1. The Morgan fingerprint density at radius 3 is 2.27 bits per heavy atom. The maximum Gasteiger partial charge on any atom is 0.0580 e. The van der Waals surface area contributed by atoms with E-state index in [1.54, 1.807) is 0 Å². The maximum atomic E-state index is 9.82. The molecule has 1 atom stereocenters. The van der Waals surface area contributed by atoms with Gasteiger partial charge in [0.1, 0.15) is 0 Å². The number of hydrogen-bond acceptors (Lipinski definition) is 1. The van der Waals surface area contributed by atoms with Gasteiger partial charge in [0, 0.05) is 3.57 Å². The van der Waals surface area contributed by atoms with E-state index >= 15 is 0 Å². The van der Waals surface area contributed by atoms with E-state index in [1.165, 1.54) is 9.13 Å². The Kier molecular flexibility index (Phi) is 5.61. The molecule has 84 valence electrons. The molecule has 0 bridgehead atoms. The Labute approximate surface area is 106 Å². The van der Waals surface area contributed by atoms with Gasteiger partial charge in [0.2, 0.25) is 0 Å². The van der Waals surface area contributed by atoms with Crippen LogP contribution >= 0.6 is 22.6 Å². The van der Waals surface area contributed by atoms with Crippen molar-refractivity contribution in [3.8, 4) is 0 Å². The summed E-state index contributed by atoms with van der Waals surface area (Å²) in [6, 6.07) is 8.37. The molecule has 0 aliphatic rings. The molecule has 0 heterocycles. The van der Waals surface area contributed by atoms with Crippen LogP contribution in [0.15, 0.2) is 24.3 Å². The van der Waals surface area contributed by atoms with Crippen LogP contribution in [-0.4, -0.2) is 11.2 Å². The zero-order chi connectivity index (χ0) is 11.3. The average molecular weight is 318 g/mol. The van der Waals surface area contributed by atoms with E-state index in [9.17, 15) is 5.11 Å². The molecule has 0 spiro atoms. The first-order valence-electron chi connectivity index (χ1n) is 5.50. The highest BCUT2D eigenvalue weighted by Gasteiger charge is 2.06. The third-order valence-corrected chi connectivity index (χ3v) is 3.18. The van der Waals surface area contributed by atoms with Crippen LogP contribution in [0.2, 0.25) is 0 Å². The molecule has 2 heteroatoms. The number of hydrogen-bond donors (Lipinski definition) is 1.